The first-order valence-corrected chi connectivity index (χ1v) is 8.06. The van der Waals surface area contributed by atoms with E-state index in [1.165, 1.54) is 0 Å². The highest BCUT2D eigenvalue weighted by Gasteiger charge is 2.19. The second kappa shape index (κ2) is 6.29. The van der Waals surface area contributed by atoms with Crippen molar-refractivity contribution < 1.29 is 9.53 Å². The largest absolute Gasteiger partial charge is 0.437 e. The van der Waals surface area contributed by atoms with Crippen LogP contribution in [0, 0.1) is 6.07 Å². The van der Waals surface area contributed by atoms with Gasteiger partial charge in [0.1, 0.15) is 0 Å². The van der Waals surface area contributed by atoms with Crippen molar-refractivity contribution in [1.29, 1.82) is 0 Å². The molecule has 0 aliphatic rings. The Kier molecular flexibility index (Phi) is 3.82. The predicted molar refractivity (Wildman–Crippen MR) is 99.2 cm³/mol. The van der Waals surface area contributed by atoms with E-state index in [1.807, 2.05) is 78.9 Å². The quantitative estimate of drug-likeness (QED) is 0.577. The third kappa shape index (κ3) is 3.04. The second-order valence-electron chi connectivity index (χ2n) is 5.94. The lowest BCUT2D eigenvalue weighted by Gasteiger charge is -2.18. The molecule has 1 amide bonds. The molecule has 25 heavy (non-hydrogen) atoms. The Hall–Kier alpha value is -3.33. The minimum atomic E-state index is -0.806. The SMILES string of the molecule is NC(=O)OC(c1[c]cc2ccccc2c1)c1ccc2ccccc2c1. The molecule has 0 aliphatic heterocycles. The number of carbonyl (C=O) groups is 1. The molecule has 0 spiro atoms. The molecule has 0 saturated heterocycles. The van der Waals surface area contributed by atoms with Crippen molar-refractivity contribution in [2.45, 2.75) is 6.10 Å². The Labute approximate surface area is 145 Å². The summed E-state index contributed by atoms with van der Waals surface area (Å²) in [6.07, 6.45) is -1.40. The molecule has 0 heterocycles. The van der Waals surface area contributed by atoms with E-state index in [4.69, 9.17) is 10.5 Å². The van der Waals surface area contributed by atoms with Crippen LogP contribution in [0.5, 0.6) is 0 Å². The molecule has 0 fully saturated rings. The summed E-state index contributed by atoms with van der Waals surface area (Å²) < 4.78 is 5.43. The van der Waals surface area contributed by atoms with E-state index in [-0.39, 0.29) is 0 Å². The maximum absolute atomic E-state index is 11.5. The van der Waals surface area contributed by atoms with Crippen LogP contribution in [-0.2, 0) is 4.74 Å². The summed E-state index contributed by atoms with van der Waals surface area (Å²) in [5.41, 5.74) is 6.95. The van der Waals surface area contributed by atoms with Crippen LogP contribution in [0.2, 0.25) is 0 Å². The van der Waals surface area contributed by atoms with Gasteiger partial charge in [-0.05, 0) is 51.4 Å². The number of primary amides is 1. The van der Waals surface area contributed by atoms with Crippen LogP contribution >= 0.6 is 0 Å². The van der Waals surface area contributed by atoms with Crippen LogP contribution in [0.3, 0.4) is 0 Å². The average molecular weight is 326 g/mol. The highest BCUT2D eigenvalue weighted by molar-refractivity contribution is 5.84. The predicted octanol–water partition coefficient (Wildman–Crippen LogP) is 4.98. The molecule has 0 aromatic heterocycles. The van der Waals surface area contributed by atoms with Gasteiger partial charge in [0.25, 0.3) is 0 Å². The van der Waals surface area contributed by atoms with E-state index in [0.717, 1.165) is 32.7 Å². The number of benzene rings is 4. The first kappa shape index (κ1) is 15.2. The van der Waals surface area contributed by atoms with E-state index in [2.05, 4.69) is 6.07 Å². The standard InChI is InChI=1S/C22H16NO2/c23-22(24)25-21(19-11-9-15-5-1-3-7-17(15)13-19)20-12-10-16-6-2-4-8-18(16)14-20/h1-11,13-14,21H,(H2,23,24). The number of hydrogen-bond acceptors (Lipinski definition) is 2. The summed E-state index contributed by atoms with van der Waals surface area (Å²) >= 11 is 0. The van der Waals surface area contributed by atoms with Crippen molar-refractivity contribution in [1.82, 2.24) is 0 Å². The number of hydrogen-bond donors (Lipinski definition) is 1. The summed E-state index contributed by atoms with van der Waals surface area (Å²) in [6.45, 7) is 0. The molecular weight excluding hydrogens is 310 g/mol. The van der Waals surface area contributed by atoms with E-state index in [1.54, 1.807) is 0 Å². The van der Waals surface area contributed by atoms with Gasteiger partial charge in [0.2, 0.25) is 0 Å². The Morgan fingerprint density at radius 3 is 2.20 bits per heavy atom. The van der Waals surface area contributed by atoms with Gasteiger partial charge in [-0.15, -0.1) is 0 Å². The third-order valence-electron chi connectivity index (χ3n) is 4.29. The van der Waals surface area contributed by atoms with Crippen LogP contribution in [-0.4, -0.2) is 6.09 Å². The first-order valence-electron chi connectivity index (χ1n) is 8.06. The van der Waals surface area contributed by atoms with Gasteiger partial charge >= 0.3 is 6.09 Å². The molecule has 3 nitrogen and oxygen atoms in total. The van der Waals surface area contributed by atoms with Crippen LogP contribution < -0.4 is 5.73 Å². The van der Waals surface area contributed by atoms with Crippen LogP contribution in [0.25, 0.3) is 21.5 Å². The Bertz CT molecular complexity index is 992. The van der Waals surface area contributed by atoms with E-state index < -0.39 is 12.2 Å². The topological polar surface area (TPSA) is 52.3 Å². The molecule has 1 unspecified atom stereocenters. The highest BCUT2D eigenvalue weighted by Crippen LogP contribution is 2.30. The number of nitrogens with two attached hydrogens (primary N) is 1. The van der Waals surface area contributed by atoms with Gasteiger partial charge in [-0.1, -0.05) is 60.7 Å². The number of amides is 1. The Morgan fingerprint density at radius 2 is 1.48 bits per heavy atom. The van der Waals surface area contributed by atoms with E-state index in [9.17, 15) is 4.79 Å². The van der Waals surface area contributed by atoms with Gasteiger partial charge in [0.05, 0.1) is 0 Å². The summed E-state index contributed by atoms with van der Waals surface area (Å²) in [7, 11) is 0. The second-order valence-corrected chi connectivity index (χ2v) is 5.94. The zero-order valence-corrected chi connectivity index (χ0v) is 13.5. The van der Waals surface area contributed by atoms with Crippen molar-refractivity contribution >= 4 is 27.6 Å². The number of carbonyl (C=O) groups excluding carboxylic acids is 1. The number of fused-ring (bicyclic) bond motifs is 2. The summed E-state index contributed by atoms with van der Waals surface area (Å²) in [5.74, 6) is 0. The fraction of sp³-hybridized carbons (Fsp3) is 0.0455. The molecule has 0 bridgehead atoms. The van der Waals surface area contributed by atoms with E-state index >= 15 is 0 Å². The van der Waals surface area contributed by atoms with Crippen LogP contribution in [0.15, 0.2) is 78.9 Å². The molecule has 1 atom stereocenters. The molecule has 0 saturated carbocycles. The molecular formula is C22H16NO2. The van der Waals surface area contributed by atoms with Gasteiger partial charge in [0.15, 0.2) is 6.10 Å². The van der Waals surface area contributed by atoms with Gasteiger partial charge in [-0.3, -0.25) is 0 Å². The average Bonchev–Trinajstić information content (AvgIpc) is 2.65. The molecule has 121 valence electrons. The monoisotopic (exact) mass is 326 g/mol. The molecule has 3 heteroatoms. The lowest BCUT2D eigenvalue weighted by molar-refractivity contribution is 0.126. The number of rotatable bonds is 3. The van der Waals surface area contributed by atoms with Crippen LogP contribution in [0.1, 0.15) is 17.2 Å². The first-order chi connectivity index (χ1) is 12.2. The maximum Gasteiger partial charge on any atom is 0.405 e. The zero-order valence-electron chi connectivity index (χ0n) is 13.5. The number of ether oxygens (including phenoxy) is 1. The fourth-order valence-corrected chi connectivity index (χ4v) is 3.09. The van der Waals surface area contributed by atoms with Crippen molar-refractivity contribution in [3.63, 3.8) is 0 Å². The third-order valence-corrected chi connectivity index (χ3v) is 4.29. The van der Waals surface area contributed by atoms with Crippen molar-refractivity contribution in [2.75, 3.05) is 0 Å². The smallest absolute Gasteiger partial charge is 0.405 e. The molecule has 0 aliphatic carbocycles. The van der Waals surface area contributed by atoms with Gasteiger partial charge in [-0.25, -0.2) is 4.79 Å². The zero-order chi connectivity index (χ0) is 17.2. The summed E-state index contributed by atoms with van der Waals surface area (Å²) in [4.78, 5) is 11.5. The van der Waals surface area contributed by atoms with Gasteiger partial charge in [0, 0.05) is 5.56 Å². The summed E-state index contributed by atoms with van der Waals surface area (Å²) in [6, 6.07) is 29.2. The van der Waals surface area contributed by atoms with Crippen molar-refractivity contribution in [3.05, 3.63) is 96.1 Å². The Morgan fingerprint density at radius 1 is 0.840 bits per heavy atom. The van der Waals surface area contributed by atoms with Crippen molar-refractivity contribution in [2.24, 2.45) is 5.73 Å². The Balaban J connectivity index is 1.84. The highest BCUT2D eigenvalue weighted by atomic mass is 16.6. The minimum absolute atomic E-state index is 0.591. The summed E-state index contributed by atoms with van der Waals surface area (Å²) in [5, 5.41) is 4.36. The van der Waals surface area contributed by atoms with Gasteiger partial charge < -0.3 is 10.5 Å². The maximum atomic E-state index is 11.5. The van der Waals surface area contributed by atoms with E-state index in [0.29, 0.717) is 0 Å². The molecule has 4 aromatic rings. The molecule has 1 radical (unpaired) electrons. The molecule has 4 aromatic carbocycles. The van der Waals surface area contributed by atoms with Crippen molar-refractivity contribution in [3.8, 4) is 0 Å². The van der Waals surface area contributed by atoms with Gasteiger partial charge in [-0.2, -0.15) is 0 Å². The van der Waals surface area contributed by atoms with Crippen LogP contribution in [0.4, 0.5) is 4.79 Å². The lowest BCUT2D eigenvalue weighted by atomic mass is 9.96. The minimum Gasteiger partial charge on any atom is -0.437 e. The molecule has 4 rings (SSSR count). The normalized spacial score (nSPS) is 11.1. The fourth-order valence-electron chi connectivity index (χ4n) is 3.09. The molecule has 2 N–H and O–H groups in total. The lowest BCUT2D eigenvalue weighted by Crippen LogP contribution is -2.18.